The zero-order valence-electron chi connectivity index (χ0n) is 74.2. The Morgan fingerprint density at radius 3 is 0.809 bits per heavy atom. The van der Waals surface area contributed by atoms with Gasteiger partial charge in [-0.15, -0.1) is 0 Å². The van der Waals surface area contributed by atoms with Gasteiger partial charge in [0.2, 0.25) is 0 Å². The summed E-state index contributed by atoms with van der Waals surface area (Å²) in [6, 6.07) is 0. The van der Waals surface area contributed by atoms with Gasteiger partial charge in [0.05, 0.1) is 21.7 Å². The third-order valence-corrected chi connectivity index (χ3v) is 36.6. The topological polar surface area (TPSA) is 210 Å². The molecule has 0 spiro atoms. The summed E-state index contributed by atoms with van der Waals surface area (Å²) in [5.41, 5.74) is -3.35. The first-order valence-electron chi connectivity index (χ1n) is 48.2. The van der Waals surface area contributed by atoms with Crippen LogP contribution < -0.4 is 0 Å². The molecule has 21 saturated carbocycles. The summed E-state index contributed by atoms with van der Waals surface area (Å²) in [6.07, 6.45) is 49.4. The Morgan fingerprint density at radius 2 is 0.530 bits per heavy atom. The van der Waals surface area contributed by atoms with Gasteiger partial charge in [-0.1, -0.05) is 92.9 Å². The second kappa shape index (κ2) is 34.9. The van der Waals surface area contributed by atoms with Gasteiger partial charge in [0, 0.05) is 5.92 Å². The molecule has 0 aromatic carbocycles. The van der Waals surface area contributed by atoms with Crippen molar-refractivity contribution in [3.63, 3.8) is 0 Å². The van der Waals surface area contributed by atoms with E-state index in [-0.39, 0.29) is 96.6 Å². The van der Waals surface area contributed by atoms with Gasteiger partial charge < -0.3 is 37.9 Å². The number of hydrogen-bond acceptors (Lipinski definition) is 16. The third-order valence-electron chi connectivity index (χ3n) is 36.6. The standard InChI is InChI=1S/C25H38O4.2C25H40O4.C24H38O4/c1-4-24(2,3)23(27)28-14-22(26)29-25(21-13-15-5-6-18(21)8-15)19-9-16-7-17(11-19)12-20(25)10-16;1-5-24(3,4)23(27)28-15-22(26)29-25(19-8-6-16(2)7-9-19)20-11-17-10-18(13-20)14-21(25)12-17;1-5-24(3,4)23(27)28-15-22(26)29-25(19-8-6-7-16(2)9-19)20-11-17-10-18(13-20)14-21(25)12-17;1-4-23(2,3)22(26)27-15-21(25)28-24(18-8-6-5-7-9-18)19-11-16-10-17(13-19)14-20(24)12-16/h15-21H,4-14H2,1-3H3;2*16-21H,5-15H2,1-4H3;16-20H,4-15H2,1-3H3. The second-order valence-electron chi connectivity index (χ2n) is 45.3. The van der Waals surface area contributed by atoms with Crippen molar-refractivity contribution < 1.29 is 76.3 Å². The zero-order chi connectivity index (χ0) is 82.0. The molecule has 18 bridgehead atoms. The fraction of sp³-hybridized carbons (Fsp3) is 0.919. The van der Waals surface area contributed by atoms with Gasteiger partial charge in [0.1, 0.15) is 22.4 Å². The average Bonchev–Trinajstić information content (AvgIpc) is 1.61. The van der Waals surface area contributed by atoms with E-state index in [0.717, 1.165) is 65.1 Å². The van der Waals surface area contributed by atoms with Crippen LogP contribution in [0.5, 0.6) is 0 Å². The minimum absolute atomic E-state index is 0.225. The normalized spacial score (nSPS) is 41.3. The molecule has 0 heterocycles. The SMILES string of the molecule is CCC(C)(C)C(=O)OCC(=O)OC1(C2CC3CCC2C3)C2CC3CC(C2)CC1C3.CCC(C)(C)C(=O)OCC(=O)OC1(C2CCC(C)CC2)C2CC3CC(C2)CC1C3.CCC(C)(C)C(=O)OCC(=O)OC1(C2CCCC(C)C2)C2CC3CC(C2)CC1C3.CCC(C)(C)C(=O)OCC(=O)OC1(C2CCCCC2)C2CC3CC(C2)CC1C3. The van der Waals surface area contributed by atoms with Crippen LogP contribution in [0.3, 0.4) is 0 Å². The highest BCUT2D eigenvalue weighted by atomic mass is 16.6. The van der Waals surface area contributed by atoms with E-state index in [9.17, 15) is 38.4 Å². The molecular weight excluding hydrogens is 1450 g/mol. The fourth-order valence-corrected chi connectivity index (χ4v) is 30.0. The second-order valence-corrected chi connectivity index (χ2v) is 45.3. The molecule has 5 unspecified atom stereocenters. The molecule has 21 aliphatic rings. The third kappa shape index (κ3) is 17.6. The minimum atomic E-state index is -0.556. The first-order valence-corrected chi connectivity index (χ1v) is 48.2. The van der Waals surface area contributed by atoms with Crippen molar-refractivity contribution in [2.24, 2.45) is 164 Å². The lowest BCUT2D eigenvalue weighted by molar-refractivity contribution is -0.237. The van der Waals surface area contributed by atoms with Crippen LogP contribution in [0.4, 0.5) is 0 Å². The molecular formula is C99H156O16. The van der Waals surface area contributed by atoms with Crippen LogP contribution >= 0.6 is 0 Å². The summed E-state index contributed by atoms with van der Waals surface area (Å²) in [6.45, 7) is 26.6. The first-order chi connectivity index (χ1) is 54.6. The maximum Gasteiger partial charge on any atom is 0.344 e. The number of hydrogen-bond donors (Lipinski definition) is 0. The molecule has 21 aliphatic carbocycles. The van der Waals surface area contributed by atoms with Gasteiger partial charge in [-0.3, -0.25) is 19.2 Å². The van der Waals surface area contributed by atoms with Crippen LogP contribution in [-0.4, -0.2) is 96.6 Å². The fourth-order valence-electron chi connectivity index (χ4n) is 30.0. The molecule has 0 aromatic rings. The van der Waals surface area contributed by atoms with Crippen LogP contribution in [0.25, 0.3) is 0 Å². The van der Waals surface area contributed by atoms with Crippen LogP contribution in [0.1, 0.15) is 360 Å². The smallest absolute Gasteiger partial charge is 0.344 e. The molecule has 115 heavy (non-hydrogen) atoms. The number of carbonyl (C=O) groups is 8. The van der Waals surface area contributed by atoms with Gasteiger partial charge in [-0.2, -0.15) is 0 Å². The monoisotopic (exact) mass is 1600 g/mol. The maximum atomic E-state index is 13.0. The highest BCUT2D eigenvalue weighted by Gasteiger charge is 2.69. The molecule has 0 aromatic heterocycles. The number of ether oxygens (including phenoxy) is 8. The Morgan fingerprint density at radius 1 is 0.252 bits per heavy atom. The Balaban J connectivity index is 0.000000127. The van der Waals surface area contributed by atoms with Crippen molar-refractivity contribution in [2.45, 2.75) is 383 Å². The number of rotatable bonds is 24. The van der Waals surface area contributed by atoms with Crippen LogP contribution in [0.2, 0.25) is 0 Å². The summed E-state index contributed by atoms with van der Waals surface area (Å²) in [5.74, 6) is 13.6. The summed E-state index contributed by atoms with van der Waals surface area (Å²) < 4.78 is 47.5. The Bertz CT molecular complexity index is 3310. The summed E-state index contributed by atoms with van der Waals surface area (Å²) >= 11 is 0. The minimum Gasteiger partial charge on any atom is -0.456 e. The van der Waals surface area contributed by atoms with E-state index < -0.39 is 21.7 Å². The predicted molar refractivity (Wildman–Crippen MR) is 441 cm³/mol. The van der Waals surface area contributed by atoms with E-state index in [2.05, 4.69) is 13.8 Å². The molecule has 0 radical (unpaired) electrons. The molecule has 21 rings (SSSR count). The quantitative estimate of drug-likeness (QED) is 0.0650. The van der Waals surface area contributed by atoms with Crippen molar-refractivity contribution >= 4 is 47.8 Å². The summed E-state index contributed by atoms with van der Waals surface area (Å²) in [4.78, 5) is 101. The van der Waals surface area contributed by atoms with E-state index in [1.54, 1.807) is 0 Å². The largest absolute Gasteiger partial charge is 0.456 e. The van der Waals surface area contributed by atoms with Crippen molar-refractivity contribution in [3.05, 3.63) is 0 Å². The first kappa shape index (κ1) is 87.1. The summed E-state index contributed by atoms with van der Waals surface area (Å²) in [5, 5.41) is 0. The highest BCUT2D eigenvalue weighted by molar-refractivity contribution is 5.82. The van der Waals surface area contributed by atoms with E-state index in [4.69, 9.17) is 37.9 Å². The predicted octanol–water partition coefficient (Wildman–Crippen LogP) is 21.5. The highest BCUT2D eigenvalue weighted by Crippen LogP contribution is 2.70. The average molecular weight is 1600 g/mol. The van der Waals surface area contributed by atoms with Crippen molar-refractivity contribution in [1.82, 2.24) is 0 Å². The van der Waals surface area contributed by atoms with Gasteiger partial charge >= 0.3 is 47.8 Å². The van der Waals surface area contributed by atoms with Gasteiger partial charge in [-0.05, 0) is 403 Å². The van der Waals surface area contributed by atoms with Crippen LogP contribution in [0.15, 0.2) is 0 Å². The Hall–Kier alpha value is -4.24. The van der Waals surface area contributed by atoms with Crippen molar-refractivity contribution in [3.8, 4) is 0 Å². The van der Waals surface area contributed by atoms with E-state index >= 15 is 0 Å². The molecule has 16 heteroatoms. The number of esters is 8. The lowest BCUT2D eigenvalue weighted by Crippen LogP contribution is -2.64. The van der Waals surface area contributed by atoms with Crippen LogP contribution in [-0.2, 0) is 76.3 Å². The molecule has 21 fully saturated rings. The molecule has 0 aliphatic heterocycles. The molecule has 16 nitrogen and oxygen atoms in total. The van der Waals surface area contributed by atoms with Crippen molar-refractivity contribution in [1.29, 1.82) is 0 Å². The van der Waals surface area contributed by atoms with Crippen LogP contribution in [0, 0.1) is 164 Å². The molecule has 0 saturated heterocycles. The Labute approximate surface area is 693 Å². The lowest BCUT2D eigenvalue weighted by Gasteiger charge is -2.63. The molecule has 0 amide bonds. The van der Waals surface area contributed by atoms with Gasteiger partial charge in [0.15, 0.2) is 26.4 Å². The molecule has 5 atom stereocenters. The number of carbonyl (C=O) groups excluding carboxylic acids is 8. The van der Waals surface area contributed by atoms with Gasteiger partial charge in [-0.25, -0.2) is 19.2 Å². The van der Waals surface area contributed by atoms with Crippen molar-refractivity contribution in [2.75, 3.05) is 26.4 Å². The van der Waals surface area contributed by atoms with E-state index in [0.29, 0.717) is 103 Å². The maximum absolute atomic E-state index is 13.0. The van der Waals surface area contributed by atoms with E-state index in [1.165, 1.54) is 238 Å². The molecule has 648 valence electrons. The Kier molecular flexibility index (Phi) is 26.5. The number of fused-ring (bicyclic) bond motifs is 2. The van der Waals surface area contributed by atoms with Gasteiger partial charge in [0.25, 0.3) is 0 Å². The van der Waals surface area contributed by atoms with E-state index in [1.807, 2.05) is 83.1 Å². The zero-order valence-corrected chi connectivity index (χ0v) is 74.2. The molecule has 0 N–H and O–H groups in total. The lowest BCUT2D eigenvalue weighted by atomic mass is 9.46. The summed E-state index contributed by atoms with van der Waals surface area (Å²) in [7, 11) is 0.